The average Bonchev–Trinajstić information content (AvgIpc) is 2.64. The van der Waals surface area contributed by atoms with Gasteiger partial charge in [0.15, 0.2) is 5.78 Å². The van der Waals surface area contributed by atoms with E-state index in [1.165, 1.54) is 18.3 Å². The summed E-state index contributed by atoms with van der Waals surface area (Å²) in [7, 11) is 0. The van der Waals surface area contributed by atoms with Crippen LogP contribution in [0.4, 0.5) is 10.1 Å². The molecule has 0 aliphatic carbocycles. The van der Waals surface area contributed by atoms with Gasteiger partial charge in [0.1, 0.15) is 5.82 Å². The highest BCUT2D eigenvalue weighted by molar-refractivity contribution is 6.04. The number of anilines is 1. The predicted molar refractivity (Wildman–Crippen MR) is 95.4 cm³/mol. The van der Waals surface area contributed by atoms with Crippen molar-refractivity contribution in [2.45, 2.75) is 0 Å². The van der Waals surface area contributed by atoms with E-state index in [4.69, 9.17) is 0 Å². The lowest BCUT2D eigenvalue weighted by molar-refractivity contribution is 0.104. The first kappa shape index (κ1) is 15.7. The number of benzene rings is 3. The van der Waals surface area contributed by atoms with Crippen LogP contribution >= 0.6 is 0 Å². The highest BCUT2D eigenvalue weighted by Gasteiger charge is 2.03. The van der Waals surface area contributed by atoms with Gasteiger partial charge in [-0.1, -0.05) is 66.7 Å². The summed E-state index contributed by atoms with van der Waals surface area (Å²) in [6.07, 6.45) is 2.84. The smallest absolute Gasteiger partial charge is 0.187 e. The van der Waals surface area contributed by atoms with Crippen molar-refractivity contribution in [3.8, 4) is 11.1 Å². The normalized spacial score (nSPS) is 10.7. The SMILES string of the molecule is O=C(/C=C/Nc1ccccc1F)c1ccc(-c2ccccc2)cc1. The lowest BCUT2D eigenvalue weighted by Crippen LogP contribution is -1.97. The molecule has 0 radical (unpaired) electrons. The first-order chi connectivity index (χ1) is 11.7. The molecular weight excluding hydrogens is 301 g/mol. The van der Waals surface area contributed by atoms with Crippen molar-refractivity contribution < 1.29 is 9.18 Å². The molecule has 0 heterocycles. The summed E-state index contributed by atoms with van der Waals surface area (Å²) in [5.74, 6) is -0.500. The van der Waals surface area contributed by atoms with Crippen LogP contribution in [0.25, 0.3) is 11.1 Å². The number of ketones is 1. The zero-order chi connectivity index (χ0) is 16.8. The van der Waals surface area contributed by atoms with Crippen LogP contribution in [0.15, 0.2) is 91.1 Å². The number of allylic oxidation sites excluding steroid dienone is 1. The fraction of sp³-hybridized carbons (Fsp3) is 0. The van der Waals surface area contributed by atoms with Crippen molar-refractivity contribution in [3.63, 3.8) is 0 Å². The van der Waals surface area contributed by atoms with Gasteiger partial charge in [0.25, 0.3) is 0 Å². The van der Waals surface area contributed by atoms with Crippen LogP contribution in [0.2, 0.25) is 0 Å². The largest absolute Gasteiger partial charge is 0.359 e. The molecule has 0 aliphatic rings. The van der Waals surface area contributed by atoms with E-state index < -0.39 is 0 Å². The number of halogens is 1. The molecule has 0 fully saturated rings. The minimum absolute atomic E-state index is 0.140. The summed E-state index contributed by atoms with van der Waals surface area (Å²) in [4.78, 5) is 12.1. The molecule has 0 amide bonds. The Hall–Kier alpha value is -3.20. The Morgan fingerprint density at radius 2 is 1.42 bits per heavy atom. The molecule has 0 aromatic heterocycles. The van der Waals surface area contributed by atoms with Crippen molar-refractivity contribution >= 4 is 11.5 Å². The third kappa shape index (κ3) is 3.76. The van der Waals surface area contributed by atoms with Gasteiger partial charge in [-0.05, 0) is 23.3 Å². The Morgan fingerprint density at radius 3 is 2.12 bits per heavy atom. The van der Waals surface area contributed by atoms with Crippen molar-refractivity contribution in [1.82, 2.24) is 0 Å². The van der Waals surface area contributed by atoms with Gasteiger partial charge in [-0.3, -0.25) is 4.79 Å². The second-order valence-corrected chi connectivity index (χ2v) is 5.27. The maximum Gasteiger partial charge on any atom is 0.187 e. The van der Waals surface area contributed by atoms with E-state index >= 15 is 0 Å². The third-order valence-electron chi connectivity index (χ3n) is 3.62. The minimum Gasteiger partial charge on any atom is -0.359 e. The first-order valence-electron chi connectivity index (χ1n) is 7.61. The third-order valence-corrected chi connectivity index (χ3v) is 3.62. The second-order valence-electron chi connectivity index (χ2n) is 5.27. The number of carbonyl (C=O) groups excluding carboxylic acids is 1. The number of rotatable bonds is 5. The maximum absolute atomic E-state index is 13.5. The summed E-state index contributed by atoms with van der Waals surface area (Å²) >= 11 is 0. The van der Waals surface area contributed by atoms with E-state index in [9.17, 15) is 9.18 Å². The van der Waals surface area contributed by atoms with Gasteiger partial charge in [-0.15, -0.1) is 0 Å². The number of hydrogen-bond donors (Lipinski definition) is 1. The van der Waals surface area contributed by atoms with E-state index in [0.29, 0.717) is 11.3 Å². The first-order valence-corrected chi connectivity index (χ1v) is 7.61. The van der Waals surface area contributed by atoms with Gasteiger partial charge < -0.3 is 5.32 Å². The van der Waals surface area contributed by atoms with Crippen LogP contribution in [-0.4, -0.2) is 5.78 Å². The van der Waals surface area contributed by atoms with E-state index in [1.54, 1.807) is 30.3 Å². The molecule has 0 bridgehead atoms. The lowest BCUT2D eigenvalue weighted by Gasteiger charge is -2.03. The standard InChI is InChI=1S/C21H16FNO/c22-19-8-4-5-9-20(19)23-15-14-21(24)18-12-10-17(11-13-18)16-6-2-1-3-7-16/h1-15,23H/b15-14+. The van der Waals surface area contributed by atoms with Gasteiger partial charge >= 0.3 is 0 Å². The fourth-order valence-electron chi connectivity index (χ4n) is 2.34. The molecular formula is C21H16FNO. The van der Waals surface area contributed by atoms with E-state index in [1.807, 2.05) is 42.5 Å². The molecule has 2 nitrogen and oxygen atoms in total. The van der Waals surface area contributed by atoms with E-state index in [0.717, 1.165) is 11.1 Å². The Bertz CT molecular complexity index is 855. The van der Waals surface area contributed by atoms with E-state index in [2.05, 4.69) is 5.32 Å². The van der Waals surface area contributed by atoms with E-state index in [-0.39, 0.29) is 11.6 Å². The quantitative estimate of drug-likeness (QED) is 0.511. The highest BCUT2D eigenvalue weighted by atomic mass is 19.1. The van der Waals surface area contributed by atoms with Crippen molar-refractivity contribution in [1.29, 1.82) is 0 Å². The predicted octanol–water partition coefficient (Wildman–Crippen LogP) is 5.30. The Kier molecular flexibility index (Phi) is 4.82. The van der Waals surface area contributed by atoms with Gasteiger partial charge in [-0.2, -0.15) is 0 Å². The van der Waals surface area contributed by atoms with Gasteiger partial charge in [0.2, 0.25) is 0 Å². The average molecular weight is 317 g/mol. The zero-order valence-corrected chi connectivity index (χ0v) is 12.9. The molecule has 0 aliphatic heterocycles. The van der Waals surface area contributed by atoms with Crippen LogP contribution in [0.5, 0.6) is 0 Å². The van der Waals surface area contributed by atoms with Crippen LogP contribution in [0.1, 0.15) is 10.4 Å². The van der Waals surface area contributed by atoms with Crippen LogP contribution in [0.3, 0.4) is 0 Å². The number of carbonyl (C=O) groups is 1. The number of para-hydroxylation sites is 1. The maximum atomic E-state index is 13.5. The molecule has 0 atom stereocenters. The van der Waals surface area contributed by atoms with Gasteiger partial charge in [-0.25, -0.2) is 4.39 Å². The molecule has 0 saturated heterocycles. The van der Waals surface area contributed by atoms with Gasteiger partial charge in [0, 0.05) is 17.8 Å². The Morgan fingerprint density at radius 1 is 0.792 bits per heavy atom. The lowest BCUT2D eigenvalue weighted by atomic mass is 10.0. The van der Waals surface area contributed by atoms with Crippen LogP contribution in [-0.2, 0) is 0 Å². The summed E-state index contributed by atoms with van der Waals surface area (Å²) in [6, 6.07) is 23.7. The molecule has 0 saturated carbocycles. The molecule has 118 valence electrons. The summed E-state index contributed by atoms with van der Waals surface area (Å²) in [6.45, 7) is 0. The fourth-order valence-corrected chi connectivity index (χ4v) is 2.34. The molecule has 24 heavy (non-hydrogen) atoms. The summed E-state index contributed by atoms with van der Waals surface area (Å²) in [5.41, 5.74) is 3.08. The topological polar surface area (TPSA) is 29.1 Å². The molecule has 0 unspecified atom stereocenters. The van der Waals surface area contributed by atoms with Crippen molar-refractivity contribution in [3.05, 3.63) is 103 Å². The van der Waals surface area contributed by atoms with Gasteiger partial charge in [0.05, 0.1) is 5.69 Å². The monoisotopic (exact) mass is 317 g/mol. The molecule has 0 spiro atoms. The molecule has 3 heteroatoms. The second kappa shape index (κ2) is 7.38. The highest BCUT2D eigenvalue weighted by Crippen LogP contribution is 2.19. The minimum atomic E-state index is -0.359. The Labute approximate surface area is 140 Å². The summed E-state index contributed by atoms with van der Waals surface area (Å²) < 4.78 is 13.5. The molecule has 3 aromatic carbocycles. The zero-order valence-electron chi connectivity index (χ0n) is 12.9. The molecule has 3 aromatic rings. The number of hydrogen-bond acceptors (Lipinski definition) is 2. The number of nitrogens with one attached hydrogen (secondary N) is 1. The molecule has 1 N–H and O–H groups in total. The van der Waals surface area contributed by atoms with Crippen LogP contribution in [0, 0.1) is 5.82 Å². The van der Waals surface area contributed by atoms with Crippen molar-refractivity contribution in [2.24, 2.45) is 0 Å². The summed E-state index contributed by atoms with van der Waals surface area (Å²) in [5, 5.41) is 2.77. The Balaban J connectivity index is 1.67. The molecule has 3 rings (SSSR count). The van der Waals surface area contributed by atoms with Crippen LogP contribution < -0.4 is 5.32 Å². The van der Waals surface area contributed by atoms with Crippen molar-refractivity contribution in [2.75, 3.05) is 5.32 Å².